The van der Waals surface area contributed by atoms with Gasteiger partial charge in [-0.25, -0.2) is 4.79 Å². The third kappa shape index (κ3) is 4.03. The second-order valence-corrected chi connectivity index (χ2v) is 8.67. The molecule has 1 N–H and O–H groups in total. The van der Waals surface area contributed by atoms with Crippen LogP contribution in [0.5, 0.6) is 23.0 Å². The number of ether oxygens (including phenoxy) is 3. The van der Waals surface area contributed by atoms with Crippen LogP contribution in [-0.4, -0.2) is 24.3 Å². The SMILES string of the molecule is COc1cc2c(Oc3ccc(OC4CCC(C)C4)cc3)c(C(=O)O)sc2cc1C. The Morgan fingerprint density at radius 2 is 1.86 bits per heavy atom. The molecular formula is C23H24O5S. The normalized spacial score (nSPS) is 18.7. The van der Waals surface area contributed by atoms with Crippen molar-refractivity contribution in [3.8, 4) is 23.0 Å². The molecule has 1 heterocycles. The molecule has 1 fully saturated rings. The molecule has 1 aromatic heterocycles. The van der Waals surface area contributed by atoms with Crippen LogP contribution in [0.2, 0.25) is 0 Å². The summed E-state index contributed by atoms with van der Waals surface area (Å²) in [7, 11) is 1.60. The van der Waals surface area contributed by atoms with Crippen molar-refractivity contribution >= 4 is 27.4 Å². The zero-order chi connectivity index (χ0) is 20.5. The lowest BCUT2D eigenvalue weighted by Gasteiger charge is -2.14. The number of hydrogen-bond donors (Lipinski definition) is 1. The molecule has 0 amide bonds. The summed E-state index contributed by atoms with van der Waals surface area (Å²) in [5, 5.41) is 10.4. The van der Waals surface area contributed by atoms with E-state index in [0.717, 1.165) is 34.2 Å². The molecule has 0 bridgehead atoms. The van der Waals surface area contributed by atoms with Gasteiger partial charge in [0.1, 0.15) is 17.2 Å². The number of methoxy groups -OCH3 is 1. The number of benzene rings is 2. The average molecular weight is 413 g/mol. The Hall–Kier alpha value is -2.73. The van der Waals surface area contributed by atoms with Crippen molar-refractivity contribution in [2.75, 3.05) is 7.11 Å². The van der Waals surface area contributed by atoms with Crippen molar-refractivity contribution in [1.29, 1.82) is 0 Å². The zero-order valence-corrected chi connectivity index (χ0v) is 17.5. The molecule has 1 aliphatic carbocycles. The van der Waals surface area contributed by atoms with E-state index in [0.29, 0.717) is 23.2 Å². The summed E-state index contributed by atoms with van der Waals surface area (Å²) >= 11 is 1.20. The van der Waals surface area contributed by atoms with Gasteiger partial charge in [-0.05, 0) is 74.1 Å². The van der Waals surface area contributed by atoms with Crippen LogP contribution >= 0.6 is 11.3 Å². The van der Waals surface area contributed by atoms with Gasteiger partial charge in [-0.3, -0.25) is 0 Å². The maximum atomic E-state index is 11.8. The van der Waals surface area contributed by atoms with Crippen LogP contribution < -0.4 is 14.2 Å². The minimum absolute atomic E-state index is 0.174. The summed E-state index contributed by atoms with van der Waals surface area (Å²) in [4.78, 5) is 11.9. The van der Waals surface area contributed by atoms with Gasteiger partial charge in [0.2, 0.25) is 0 Å². The summed E-state index contributed by atoms with van der Waals surface area (Å²) in [6, 6.07) is 11.1. The highest BCUT2D eigenvalue weighted by Crippen LogP contribution is 2.43. The van der Waals surface area contributed by atoms with Gasteiger partial charge in [0.15, 0.2) is 10.6 Å². The minimum atomic E-state index is -1.01. The fourth-order valence-electron chi connectivity index (χ4n) is 3.82. The number of carboxylic acid groups (broad SMARTS) is 1. The molecule has 0 radical (unpaired) electrons. The van der Waals surface area contributed by atoms with Gasteiger partial charge in [0, 0.05) is 10.1 Å². The van der Waals surface area contributed by atoms with Crippen LogP contribution in [0.3, 0.4) is 0 Å². The quantitative estimate of drug-likeness (QED) is 0.516. The van der Waals surface area contributed by atoms with E-state index >= 15 is 0 Å². The molecule has 2 aromatic carbocycles. The van der Waals surface area contributed by atoms with Gasteiger partial charge < -0.3 is 19.3 Å². The molecule has 3 aromatic rings. The van der Waals surface area contributed by atoms with Gasteiger partial charge >= 0.3 is 5.97 Å². The first-order chi connectivity index (χ1) is 13.9. The van der Waals surface area contributed by atoms with Gasteiger partial charge in [-0.1, -0.05) is 6.92 Å². The summed E-state index contributed by atoms with van der Waals surface area (Å²) < 4.78 is 18.3. The average Bonchev–Trinajstić information content (AvgIpc) is 3.26. The summed E-state index contributed by atoms with van der Waals surface area (Å²) in [6.45, 7) is 4.19. The molecular weight excluding hydrogens is 388 g/mol. The van der Waals surface area contributed by atoms with Crippen molar-refractivity contribution in [3.05, 3.63) is 46.8 Å². The van der Waals surface area contributed by atoms with E-state index < -0.39 is 5.97 Å². The van der Waals surface area contributed by atoms with Crippen LogP contribution in [0.1, 0.15) is 41.4 Å². The highest BCUT2D eigenvalue weighted by atomic mass is 32.1. The molecule has 1 saturated carbocycles. The Morgan fingerprint density at radius 1 is 1.14 bits per heavy atom. The highest BCUT2D eigenvalue weighted by molar-refractivity contribution is 7.21. The van der Waals surface area contributed by atoms with Gasteiger partial charge in [0.25, 0.3) is 0 Å². The topological polar surface area (TPSA) is 65.0 Å². The molecule has 2 unspecified atom stereocenters. The Labute approximate surface area is 173 Å². The smallest absolute Gasteiger partial charge is 0.349 e. The molecule has 0 aliphatic heterocycles. The molecule has 0 saturated heterocycles. The molecule has 1 aliphatic rings. The second-order valence-electron chi connectivity index (χ2n) is 7.62. The van der Waals surface area contributed by atoms with Crippen molar-refractivity contribution in [3.63, 3.8) is 0 Å². The third-order valence-corrected chi connectivity index (χ3v) is 6.47. The third-order valence-electron chi connectivity index (χ3n) is 5.35. The monoisotopic (exact) mass is 412 g/mol. The molecule has 2 atom stereocenters. The van der Waals surface area contributed by atoms with Crippen LogP contribution in [0.15, 0.2) is 36.4 Å². The van der Waals surface area contributed by atoms with E-state index in [1.165, 1.54) is 17.8 Å². The van der Waals surface area contributed by atoms with E-state index in [4.69, 9.17) is 14.2 Å². The zero-order valence-electron chi connectivity index (χ0n) is 16.7. The van der Waals surface area contributed by atoms with Crippen LogP contribution in [0.4, 0.5) is 0 Å². The summed E-state index contributed by atoms with van der Waals surface area (Å²) in [6.07, 6.45) is 3.65. The van der Waals surface area contributed by atoms with E-state index in [2.05, 4.69) is 6.92 Å². The fourth-order valence-corrected chi connectivity index (χ4v) is 4.87. The number of aromatic carboxylic acids is 1. The summed E-state index contributed by atoms with van der Waals surface area (Å²) in [5.74, 6) is 2.12. The first-order valence-corrected chi connectivity index (χ1v) is 10.5. The van der Waals surface area contributed by atoms with Gasteiger partial charge in [-0.15, -0.1) is 11.3 Å². The molecule has 29 heavy (non-hydrogen) atoms. The summed E-state index contributed by atoms with van der Waals surface area (Å²) in [5.41, 5.74) is 0.951. The Bertz CT molecular complexity index is 1040. The molecule has 5 nitrogen and oxygen atoms in total. The number of carbonyl (C=O) groups is 1. The Balaban J connectivity index is 1.61. The lowest BCUT2D eigenvalue weighted by molar-refractivity contribution is 0.0700. The maximum Gasteiger partial charge on any atom is 0.349 e. The molecule has 152 valence electrons. The van der Waals surface area contributed by atoms with Crippen molar-refractivity contribution < 1.29 is 24.1 Å². The van der Waals surface area contributed by atoms with Crippen LogP contribution in [0.25, 0.3) is 10.1 Å². The second kappa shape index (κ2) is 7.95. The Morgan fingerprint density at radius 3 is 2.48 bits per heavy atom. The first-order valence-electron chi connectivity index (χ1n) is 9.73. The van der Waals surface area contributed by atoms with E-state index in [1.807, 2.05) is 43.3 Å². The number of rotatable bonds is 6. The van der Waals surface area contributed by atoms with Crippen molar-refractivity contribution in [2.45, 2.75) is 39.2 Å². The molecule has 4 rings (SSSR count). The molecule has 0 spiro atoms. The largest absolute Gasteiger partial charge is 0.496 e. The standard InChI is InChI=1S/C23H24O5S/c1-13-4-5-17(10-13)27-15-6-8-16(9-7-15)28-21-18-12-19(26-3)14(2)11-20(18)29-22(21)23(24)25/h6-9,11-13,17H,4-5,10H2,1-3H3,(H,24,25). The highest BCUT2D eigenvalue weighted by Gasteiger charge is 2.23. The lowest BCUT2D eigenvalue weighted by Crippen LogP contribution is -2.11. The predicted octanol–water partition coefficient (Wildman–Crippen LogP) is 6.28. The van der Waals surface area contributed by atoms with Gasteiger partial charge in [0.05, 0.1) is 13.2 Å². The number of hydrogen-bond acceptors (Lipinski definition) is 5. The maximum absolute atomic E-state index is 11.8. The minimum Gasteiger partial charge on any atom is -0.496 e. The lowest BCUT2D eigenvalue weighted by atomic mass is 10.1. The van der Waals surface area contributed by atoms with Gasteiger partial charge in [-0.2, -0.15) is 0 Å². The van der Waals surface area contributed by atoms with Crippen molar-refractivity contribution in [1.82, 2.24) is 0 Å². The van der Waals surface area contributed by atoms with E-state index in [1.54, 1.807) is 7.11 Å². The number of carboxylic acids is 1. The fraction of sp³-hybridized carbons (Fsp3) is 0.348. The number of thiophene rings is 1. The van der Waals surface area contributed by atoms with Crippen LogP contribution in [0, 0.1) is 12.8 Å². The number of aryl methyl sites for hydroxylation is 1. The molecule has 6 heteroatoms. The Kier molecular flexibility index (Phi) is 5.37. The first kappa shape index (κ1) is 19.6. The van der Waals surface area contributed by atoms with Crippen LogP contribution in [-0.2, 0) is 0 Å². The van der Waals surface area contributed by atoms with Crippen molar-refractivity contribution in [2.24, 2.45) is 5.92 Å². The van der Waals surface area contributed by atoms with E-state index in [9.17, 15) is 9.90 Å². The van der Waals surface area contributed by atoms with E-state index in [-0.39, 0.29) is 11.0 Å². The number of fused-ring (bicyclic) bond motifs is 1. The predicted molar refractivity (Wildman–Crippen MR) is 114 cm³/mol.